The van der Waals surface area contributed by atoms with Crippen molar-refractivity contribution in [2.24, 2.45) is 4.99 Å². The van der Waals surface area contributed by atoms with Gasteiger partial charge < -0.3 is 30.0 Å². The summed E-state index contributed by atoms with van der Waals surface area (Å²) < 4.78 is 32.3. The minimum atomic E-state index is -4.09. The van der Waals surface area contributed by atoms with Crippen molar-refractivity contribution in [2.75, 3.05) is 44.7 Å². The minimum Gasteiger partial charge on any atom is -0.497 e. The van der Waals surface area contributed by atoms with E-state index in [4.69, 9.17) is 14.6 Å². The average molecular weight is 691 g/mol. The maximum atomic E-state index is 13.2. The molecule has 3 aromatic rings. The van der Waals surface area contributed by atoms with Gasteiger partial charge in [0.25, 0.3) is 15.9 Å². The van der Waals surface area contributed by atoms with Gasteiger partial charge in [-0.05, 0) is 92.2 Å². The van der Waals surface area contributed by atoms with Crippen LogP contribution in [-0.2, 0) is 26.2 Å². The SMILES string of the molecule is COc1ccc(CN2CCN=C2NC2CCN(c3ccc(C(=O)NCCC(=O)ON(C(C)(C)C)S(=O)(=O)c4ccccc4)cc3)CC2)cc1. The summed E-state index contributed by atoms with van der Waals surface area (Å²) in [5.74, 6) is 0.708. The first-order valence-corrected chi connectivity index (χ1v) is 18.0. The first-order valence-electron chi connectivity index (χ1n) is 16.6. The fourth-order valence-electron chi connectivity index (χ4n) is 5.77. The van der Waals surface area contributed by atoms with Gasteiger partial charge in [0.1, 0.15) is 5.75 Å². The number of methoxy groups -OCH3 is 1. The second-order valence-electron chi connectivity index (χ2n) is 13.1. The molecule has 262 valence electrons. The molecule has 2 heterocycles. The Balaban J connectivity index is 1.05. The van der Waals surface area contributed by atoms with Gasteiger partial charge in [0, 0.05) is 50.0 Å². The number of hydrogen-bond donors (Lipinski definition) is 2. The third-order valence-electron chi connectivity index (χ3n) is 8.39. The largest absolute Gasteiger partial charge is 0.497 e. The van der Waals surface area contributed by atoms with Crippen LogP contribution in [0.1, 0.15) is 56.0 Å². The van der Waals surface area contributed by atoms with E-state index in [0.717, 1.165) is 67.4 Å². The number of anilines is 1. The van der Waals surface area contributed by atoms with Crippen molar-refractivity contribution in [3.63, 3.8) is 0 Å². The van der Waals surface area contributed by atoms with Gasteiger partial charge >= 0.3 is 5.97 Å². The van der Waals surface area contributed by atoms with Crippen LogP contribution in [0, 0.1) is 0 Å². The highest BCUT2D eigenvalue weighted by molar-refractivity contribution is 7.89. The molecular weight excluding hydrogens is 644 g/mol. The number of amides is 1. The summed E-state index contributed by atoms with van der Waals surface area (Å²) in [5.41, 5.74) is 1.70. The molecule has 1 saturated heterocycles. The van der Waals surface area contributed by atoms with Crippen LogP contribution in [0.2, 0.25) is 0 Å². The van der Waals surface area contributed by atoms with Crippen molar-refractivity contribution < 1.29 is 27.6 Å². The molecule has 0 saturated carbocycles. The van der Waals surface area contributed by atoms with Crippen molar-refractivity contribution in [2.45, 2.75) is 63.1 Å². The smallest absolute Gasteiger partial charge is 0.328 e. The molecular formula is C36H46N6O6S. The van der Waals surface area contributed by atoms with Crippen LogP contribution in [0.3, 0.4) is 0 Å². The van der Waals surface area contributed by atoms with Crippen molar-refractivity contribution in [1.29, 1.82) is 0 Å². The molecule has 0 atom stereocenters. The van der Waals surface area contributed by atoms with E-state index >= 15 is 0 Å². The quantitative estimate of drug-likeness (QED) is 0.269. The molecule has 0 unspecified atom stereocenters. The number of nitrogens with one attached hydrogen (secondary N) is 2. The van der Waals surface area contributed by atoms with Crippen molar-refractivity contribution >= 4 is 33.5 Å². The highest BCUT2D eigenvalue weighted by Crippen LogP contribution is 2.25. The number of ether oxygens (including phenoxy) is 1. The molecule has 0 spiro atoms. The summed E-state index contributed by atoms with van der Waals surface area (Å²) in [4.78, 5) is 40.1. The fourth-order valence-corrected chi connectivity index (χ4v) is 7.36. The van der Waals surface area contributed by atoms with E-state index in [2.05, 4.69) is 32.6 Å². The van der Waals surface area contributed by atoms with Gasteiger partial charge in [0.15, 0.2) is 5.96 Å². The third-order valence-corrected chi connectivity index (χ3v) is 10.3. The monoisotopic (exact) mass is 690 g/mol. The van der Waals surface area contributed by atoms with Crippen LogP contribution < -0.4 is 20.3 Å². The van der Waals surface area contributed by atoms with Gasteiger partial charge in [-0.3, -0.25) is 14.6 Å². The molecule has 0 radical (unpaired) electrons. The van der Waals surface area contributed by atoms with Crippen LogP contribution in [0.4, 0.5) is 5.69 Å². The summed E-state index contributed by atoms with van der Waals surface area (Å²) >= 11 is 0. The summed E-state index contributed by atoms with van der Waals surface area (Å²) in [6.45, 7) is 9.13. The summed E-state index contributed by atoms with van der Waals surface area (Å²) in [6.07, 6.45) is 1.73. The number of hydrogen-bond acceptors (Lipinski definition) is 10. The molecule has 13 heteroatoms. The molecule has 5 rings (SSSR count). The lowest BCUT2D eigenvalue weighted by Crippen LogP contribution is -2.48. The Morgan fingerprint density at radius 1 is 0.939 bits per heavy atom. The lowest BCUT2D eigenvalue weighted by molar-refractivity contribution is -0.182. The number of piperidine rings is 1. The maximum absolute atomic E-state index is 13.2. The number of rotatable bonds is 12. The molecule has 2 aliphatic heterocycles. The summed E-state index contributed by atoms with van der Waals surface area (Å²) in [6, 6.07) is 23.7. The van der Waals surface area contributed by atoms with Crippen molar-refractivity contribution in [3.05, 3.63) is 90.0 Å². The Labute approximate surface area is 289 Å². The van der Waals surface area contributed by atoms with Crippen LogP contribution in [0.25, 0.3) is 0 Å². The van der Waals surface area contributed by atoms with Crippen LogP contribution >= 0.6 is 0 Å². The van der Waals surface area contributed by atoms with E-state index in [1.807, 2.05) is 24.3 Å². The highest BCUT2D eigenvalue weighted by Gasteiger charge is 2.38. The fraction of sp³-hybridized carbons (Fsp3) is 0.417. The first-order chi connectivity index (χ1) is 23.4. The topological polar surface area (TPSA) is 133 Å². The zero-order valence-corrected chi connectivity index (χ0v) is 29.4. The van der Waals surface area contributed by atoms with Gasteiger partial charge in [-0.25, -0.2) is 8.42 Å². The first kappa shape index (κ1) is 35.7. The lowest BCUT2D eigenvalue weighted by atomic mass is 10.0. The van der Waals surface area contributed by atoms with E-state index in [1.54, 1.807) is 58.2 Å². The summed E-state index contributed by atoms with van der Waals surface area (Å²) in [7, 11) is -2.42. The maximum Gasteiger partial charge on any atom is 0.328 e. The zero-order chi connectivity index (χ0) is 35.0. The number of benzene rings is 3. The van der Waals surface area contributed by atoms with Gasteiger partial charge in [0.05, 0.1) is 30.5 Å². The van der Waals surface area contributed by atoms with E-state index in [9.17, 15) is 18.0 Å². The Bertz CT molecular complexity index is 1700. The Morgan fingerprint density at radius 2 is 1.61 bits per heavy atom. The molecule has 49 heavy (non-hydrogen) atoms. The van der Waals surface area contributed by atoms with Crippen LogP contribution in [0.15, 0.2) is 88.8 Å². The Kier molecular flexibility index (Phi) is 11.5. The standard InChI is InChI=1S/C36H46N6O6S/c1-36(2,3)42(49(45,46)32-8-6-5-7-9-32)48-33(43)18-21-37-34(44)28-12-14-30(15-13-28)40-23-19-29(20-24-40)39-35-38-22-25-41(35)26-27-10-16-31(47-4)17-11-27/h5-17,29H,18-26H2,1-4H3,(H,37,44)(H,38,39). The van der Waals surface area contributed by atoms with Gasteiger partial charge in [-0.1, -0.05) is 30.3 Å². The second-order valence-corrected chi connectivity index (χ2v) is 14.9. The molecule has 2 N–H and O–H groups in total. The van der Waals surface area contributed by atoms with Gasteiger partial charge in [0.2, 0.25) is 0 Å². The molecule has 1 fully saturated rings. The molecule has 2 aliphatic rings. The number of guanidine groups is 1. The highest BCUT2D eigenvalue weighted by atomic mass is 32.2. The minimum absolute atomic E-state index is 0.00782. The Hall–Kier alpha value is -4.62. The predicted octanol–water partition coefficient (Wildman–Crippen LogP) is 4.19. The number of carbonyl (C=O) groups is 2. The average Bonchev–Trinajstić information content (AvgIpc) is 3.53. The number of sulfonamides is 1. The molecule has 0 aromatic heterocycles. The second kappa shape index (κ2) is 15.7. The van der Waals surface area contributed by atoms with Crippen molar-refractivity contribution in [1.82, 2.24) is 20.0 Å². The molecule has 0 aliphatic carbocycles. The Morgan fingerprint density at radius 3 is 2.24 bits per heavy atom. The molecule has 1 amide bonds. The molecule has 0 bridgehead atoms. The van der Waals surface area contributed by atoms with Gasteiger partial charge in [-0.2, -0.15) is 0 Å². The zero-order valence-electron chi connectivity index (χ0n) is 28.6. The predicted molar refractivity (Wildman–Crippen MR) is 189 cm³/mol. The molecule has 12 nitrogen and oxygen atoms in total. The van der Waals surface area contributed by atoms with Crippen LogP contribution in [0.5, 0.6) is 5.75 Å². The number of carbonyl (C=O) groups excluding carboxylic acids is 2. The number of nitrogens with zero attached hydrogens (tertiary/aromatic N) is 4. The lowest BCUT2D eigenvalue weighted by Gasteiger charge is -2.35. The number of hydroxylamine groups is 1. The van der Waals surface area contributed by atoms with Crippen LogP contribution in [-0.4, -0.2) is 87.0 Å². The van der Waals surface area contributed by atoms with Crippen molar-refractivity contribution in [3.8, 4) is 5.75 Å². The van der Waals surface area contributed by atoms with Gasteiger partial charge in [-0.15, -0.1) is 0 Å². The van der Waals surface area contributed by atoms with E-state index in [-0.39, 0.29) is 23.8 Å². The van der Waals surface area contributed by atoms with E-state index in [0.29, 0.717) is 11.6 Å². The summed E-state index contributed by atoms with van der Waals surface area (Å²) in [5, 5.41) is 6.40. The third kappa shape index (κ3) is 9.30. The number of aliphatic imine (C=N–C) groups is 1. The molecule has 3 aromatic carbocycles. The van der Waals surface area contributed by atoms with E-state index in [1.165, 1.54) is 17.7 Å². The normalized spacial score (nSPS) is 15.6. The van der Waals surface area contributed by atoms with E-state index < -0.39 is 21.5 Å².